The highest BCUT2D eigenvalue weighted by molar-refractivity contribution is 8.02. The maximum Gasteiger partial charge on any atom is 0.196 e. The average molecular weight is 268 g/mol. The van der Waals surface area contributed by atoms with E-state index in [1.54, 1.807) is 12.1 Å². The smallest absolute Gasteiger partial charge is 0.196 e. The fourth-order valence-electron chi connectivity index (χ4n) is 1.73. The molecule has 3 rings (SSSR count). The topological polar surface area (TPSA) is 15.3 Å². The first-order valence-electron chi connectivity index (χ1n) is 5.14. The molecule has 0 spiro atoms. The van der Waals surface area contributed by atoms with Crippen molar-refractivity contribution in [3.8, 4) is 0 Å². The second kappa shape index (κ2) is 4.13. The monoisotopic (exact) mass is 268 g/mol. The fourth-order valence-corrected chi connectivity index (χ4v) is 2.59. The van der Waals surface area contributed by atoms with Gasteiger partial charge in [-0.2, -0.15) is 0 Å². The van der Waals surface area contributed by atoms with Crippen LogP contribution in [0.15, 0.2) is 36.4 Å². The van der Waals surface area contributed by atoms with E-state index in [4.69, 9.17) is 0 Å². The molecule has 92 valence electrons. The molecule has 2 nitrogen and oxygen atoms in total. The predicted octanol–water partition coefficient (Wildman–Crippen LogP) is 4.23. The normalized spacial score (nSPS) is 13.4. The molecule has 1 N–H and O–H groups in total. The van der Waals surface area contributed by atoms with Crippen LogP contribution >= 0.6 is 12.1 Å². The zero-order valence-electron chi connectivity index (χ0n) is 8.95. The number of nitrogens with zero attached hydrogens (tertiary/aromatic N) is 1. The van der Waals surface area contributed by atoms with Crippen LogP contribution in [-0.4, -0.2) is 0 Å². The maximum atomic E-state index is 13.7. The highest BCUT2D eigenvalue weighted by atomic mass is 32.2. The molecule has 6 heteroatoms. The molecule has 1 heterocycles. The summed E-state index contributed by atoms with van der Waals surface area (Å²) in [6.45, 7) is 0. The van der Waals surface area contributed by atoms with Gasteiger partial charge in [0.2, 0.25) is 0 Å². The second-order valence-corrected chi connectivity index (χ2v) is 4.45. The van der Waals surface area contributed by atoms with Crippen LogP contribution in [0.5, 0.6) is 0 Å². The summed E-state index contributed by atoms with van der Waals surface area (Å²) in [5, 5.41) is 0. The first kappa shape index (κ1) is 11.3. The van der Waals surface area contributed by atoms with E-state index in [2.05, 4.69) is 4.72 Å². The minimum absolute atomic E-state index is 0.0173. The van der Waals surface area contributed by atoms with Crippen molar-refractivity contribution in [3.05, 3.63) is 53.8 Å². The van der Waals surface area contributed by atoms with Gasteiger partial charge in [0.15, 0.2) is 17.5 Å². The molecule has 0 atom stereocenters. The Labute approximate surface area is 106 Å². The van der Waals surface area contributed by atoms with E-state index in [1.165, 1.54) is 10.4 Å². The van der Waals surface area contributed by atoms with Crippen molar-refractivity contribution in [2.45, 2.75) is 0 Å². The predicted molar refractivity (Wildman–Crippen MR) is 66.1 cm³/mol. The number of anilines is 3. The maximum absolute atomic E-state index is 13.7. The summed E-state index contributed by atoms with van der Waals surface area (Å²) in [6, 6.07) is 9.33. The molecule has 0 bridgehead atoms. The lowest BCUT2D eigenvalue weighted by atomic mass is 10.2. The summed E-state index contributed by atoms with van der Waals surface area (Å²) in [5.74, 6) is -3.85. The molecule has 0 amide bonds. The summed E-state index contributed by atoms with van der Waals surface area (Å²) in [4.78, 5) is 0. The van der Waals surface area contributed by atoms with Gasteiger partial charge >= 0.3 is 0 Å². The van der Waals surface area contributed by atoms with Gasteiger partial charge in [-0.1, -0.05) is 12.1 Å². The van der Waals surface area contributed by atoms with E-state index >= 15 is 0 Å². The Hall–Kier alpha value is -1.82. The third kappa shape index (κ3) is 1.60. The molecule has 0 saturated heterocycles. The number of benzene rings is 2. The number of hydrogen-bond donors (Lipinski definition) is 1. The summed E-state index contributed by atoms with van der Waals surface area (Å²) in [7, 11) is 0. The molecular formula is C12H7F3N2S. The van der Waals surface area contributed by atoms with Crippen LogP contribution in [0.2, 0.25) is 0 Å². The Morgan fingerprint density at radius 3 is 2.50 bits per heavy atom. The molecule has 1 aliphatic rings. The number of rotatable bonds is 1. The molecular weight excluding hydrogens is 261 g/mol. The van der Waals surface area contributed by atoms with Crippen LogP contribution in [0.25, 0.3) is 0 Å². The van der Waals surface area contributed by atoms with E-state index in [1.807, 2.05) is 12.1 Å². The summed E-state index contributed by atoms with van der Waals surface area (Å²) >= 11 is 1.11. The lowest BCUT2D eigenvalue weighted by Crippen LogP contribution is -2.07. The van der Waals surface area contributed by atoms with Gasteiger partial charge in [0.25, 0.3) is 0 Å². The molecule has 0 radical (unpaired) electrons. The van der Waals surface area contributed by atoms with Crippen LogP contribution in [0.3, 0.4) is 0 Å². The van der Waals surface area contributed by atoms with Gasteiger partial charge in [0.1, 0.15) is 0 Å². The molecule has 2 aromatic rings. The van der Waals surface area contributed by atoms with Gasteiger partial charge in [-0.3, -0.25) is 4.31 Å². The largest absolute Gasteiger partial charge is 0.310 e. The third-order valence-corrected chi connectivity index (χ3v) is 3.49. The van der Waals surface area contributed by atoms with Crippen LogP contribution in [0.4, 0.5) is 30.2 Å². The lowest BCUT2D eigenvalue weighted by molar-refractivity contribution is 0.449. The van der Waals surface area contributed by atoms with Gasteiger partial charge in [-0.05, 0) is 24.3 Å². The zero-order chi connectivity index (χ0) is 12.7. The van der Waals surface area contributed by atoms with Crippen molar-refractivity contribution < 1.29 is 13.2 Å². The fraction of sp³-hybridized carbons (Fsp3) is 0. The van der Waals surface area contributed by atoms with Gasteiger partial charge < -0.3 is 4.72 Å². The average Bonchev–Trinajstić information content (AvgIpc) is 2.80. The standard InChI is InChI=1S/C12H7F3N2S/c13-7-5-6-10(12(15)11(7)14)17-9-4-2-1-3-8(9)16-18-17/h1-6,16H. The number of nitrogens with one attached hydrogen (secondary N) is 1. The molecule has 0 saturated carbocycles. The van der Waals surface area contributed by atoms with Crippen molar-refractivity contribution in [2.24, 2.45) is 0 Å². The van der Waals surface area contributed by atoms with Gasteiger partial charge in [-0.15, -0.1) is 0 Å². The highest BCUT2D eigenvalue weighted by Crippen LogP contribution is 2.45. The molecule has 1 aliphatic heterocycles. The van der Waals surface area contributed by atoms with Crippen molar-refractivity contribution in [1.29, 1.82) is 0 Å². The molecule has 18 heavy (non-hydrogen) atoms. The van der Waals surface area contributed by atoms with Gasteiger partial charge in [0, 0.05) is 0 Å². The molecule has 2 aromatic carbocycles. The van der Waals surface area contributed by atoms with E-state index in [-0.39, 0.29) is 5.69 Å². The van der Waals surface area contributed by atoms with E-state index in [0.717, 1.165) is 23.9 Å². The number of fused-ring (bicyclic) bond motifs is 1. The third-order valence-electron chi connectivity index (χ3n) is 2.60. The Bertz CT molecular complexity index is 618. The number of hydrogen-bond acceptors (Lipinski definition) is 3. The van der Waals surface area contributed by atoms with Gasteiger partial charge in [0.05, 0.1) is 29.2 Å². The van der Waals surface area contributed by atoms with E-state index in [0.29, 0.717) is 5.69 Å². The summed E-state index contributed by atoms with van der Waals surface area (Å²) in [6.07, 6.45) is 0. The molecule has 0 fully saturated rings. The SMILES string of the molecule is Fc1ccc(N2SNc3ccccc32)c(F)c1F. The van der Waals surface area contributed by atoms with E-state index in [9.17, 15) is 13.2 Å². The number of halogens is 3. The van der Waals surface area contributed by atoms with Crippen molar-refractivity contribution in [1.82, 2.24) is 0 Å². The van der Waals surface area contributed by atoms with E-state index < -0.39 is 17.5 Å². The summed E-state index contributed by atoms with van der Waals surface area (Å²) < 4.78 is 44.3. The Kier molecular flexibility index (Phi) is 2.59. The Balaban J connectivity index is 2.11. The first-order chi connectivity index (χ1) is 8.68. The Morgan fingerprint density at radius 1 is 0.889 bits per heavy atom. The first-order valence-corrected chi connectivity index (χ1v) is 5.91. The number of para-hydroxylation sites is 2. The van der Waals surface area contributed by atoms with Crippen molar-refractivity contribution in [2.75, 3.05) is 9.03 Å². The summed E-state index contributed by atoms with van der Waals surface area (Å²) in [5.41, 5.74) is 1.48. The van der Waals surface area contributed by atoms with Crippen LogP contribution in [-0.2, 0) is 0 Å². The zero-order valence-corrected chi connectivity index (χ0v) is 9.77. The molecule has 0 aromatic heterocycles. The van der Waals surface area contributed by atoms with Crippen LogP contribution in [0.1, 0.15) is 0 Å². The Morgan fingerprint density at radius 2 is 1.67 bits per heavy atom. The highest BCUT2D eigenvalue weighted by Gasteiger charge is 2.26. The second-order valence-electron chi connectivity index (χ2n) is 3.70. The molecule has 0 unspecified atom stereocenters. The van der Waals surface area contributed by atoms with Crippen molar-refractivity contribution in [3.63, 3.8) is 0 Å². The minimum atomic E-state index is -1.46. The quantitative estimate of drug-likeness (QED) is 0.615. The van der Waals surface area contributed by atoms with Gasteiger partial charge in [-0.25, -0.2) is 13.2 Å². The van der Waals surface area contributed by atoms with Crippen molar-refractivity contribution >= 4 is 29.2 Å². The lowest BCUT2D eigenvalue weighted by Gasteiger charge is -2.16. The minimum Gasteiger partial charge on any atom is -0.310 e. The molecule has 0 aliphatic carbocycles. The van der Waals surface area contributed by atoms with Crippen LogP contribution < -0.4 is 9.03 Å². The van der Waals surface area contributed by atoms with Crippen LogP contribution in [0, 0.1) is 17.5 Å².